The molecule has 1 aliphatic heterocycles. The number of piperidine rings is 1. The zero-order valence-electron chi connectivity index (χ0n) is 12.2. The summed E-state index contributed by atoms with van der Waals surface area (Å²) in [5.74, 6) is -1.30. The number of rotatable bonds is 4. The lowest BCUT2D eigenvalue weighted by molar-refractivity contribution is -0.142. The van der Waals surface area contributed by atoms with Crippen molar-refractivity contribution < 1.29 is 18.3 Å². The molecule has 0 radical (unpaired) electrons. The van der Waals surface area contributed by atoms with Crippen LogP contribution in [0.4, 0.5) is 5.69 Å². The normalized spacial score (nSPS) is 17.6. The predicted molar refractivity (Wildman–Crippen MR) is 80.4 cm³/mol. The van der Waals surface area contributed by atoms with E-state index in [1.165, 1.54) is 4.31 Å². The van der Waals surface area contributed by atoms with Crippen molar-refractivity contribution in [3.05, 3.63) is 29.3 Å². The van der Waals surface area contributed by atoms with Crippen LogP contribution in [0.5, 0.6) is 0 Å². The van der Waals surface area contributed by atoms with Crippen molar-refractivity contribution in [3.63, 3.8) is 0 Å². The fourth-order valence-electron chi connectivity index (χ4n) is 2.59. The molecule has 1 heterocycles. The summed E-state index contributed by atoms with van der Waals surface area (Å²) in [6, 6.07) is 5.51. The molecule has 1 aliphatic rings. The molecule has 0 bridgehead atoms. The Morgan fingerprint density at radius 3 is 2.19 bits per heavy atom. The molecule has 7 heteroatoms. The number of anilines is 1. The van der Waals surface area contributed by atoms with Crippen LogP contribution in [-0.4, -0.2) is 36.9 Å². The number of hydrogen-bond acceptors (Lipinski definition) is 3. The SMILES string of the molecule is Cc1cc(C)cc(NS(=O)(=O)N2CCC(C(=O)O)CC2)c1. The van der Waals surface area contributed by atoms with E-state index in [0.29, 0.717) is 18.5 Å². The number of aryl methyl sites for hydroxylation is 2. The zero-order chi connectivity index (χ0) is 15.6. The minimum atomic E-state index is -3.63. The average Bonchev–Trinajstić information content (AvgIpc) is 2.37. The van der Waals surface area contributed by atoms with Gasteiger partial charge >= 0.3 is 16.2 Å². The maximum atomic E-state index is 12.3. The van der Waals surface area contributed by atoms with E-state index < -0.39 is 22.1 Å². The first-order valence-corrected chi connectivity index (χ1v) is 8.31. The van der Waals surface area contributed by atoms with Gasteiger partial charge in [0.1, 0.15) is 0 Å². The largest absolute Gasteiger partial charge is 0.481 e. The van der Waals surface area contributed by atoms with Gasteiger partial charge in [-0.15, -0.1) is 0 Å². The van der Waals surface area contributed by atoms with Crippen LogP contribution in [-0.2, 0) is 15.0 Å². The summed E-state index contributed by atoms with van der Waals surface area (Å²) in [5.41, 5.74) is 2.50. The topological polar surface area (TPSA) is 86.7 Å². The third-order valence-electron chi connectivity index (χ3n) is 3.61. The van der Waals surface area contributed by atoms with Gasteiger partial charge in [-0.3, -0.25) is 9.52 Å². The number of carboxylic acid groups (broad SMARTS) is 1. The lowest BCUT2D eigenvalue weighted by atomic mass is 9.99. The van der Waals surface area contributed by atoms with E-state index in [0.717, 1.165) is 11.1 Å². The van der Waals surface area contributed by atoms with Crippen LogP contribution in [0.1, 0.15) is 24.0 Å². The van der Waals surface area contributed by atoms with Crippen molar-refractivity contribution in [3.8, 4) is 0 Å². The molecule has 1 saturated heterocycles. The second kappa shape index (κ2) is 6.03. The molecule has 1 aromatic carbocycles. The van der Waals surface area contributed by atoms with Crippen molar-refractivity contribution >= 4 is 21.9 Å². The van der Waals surface area contributed by atoms with Crippen molar-refractivity contribution in [1.82, 2.24) is 4.31 Å². The minimum absolute atomic E-state index is 0.233. The first kappa shape index (κ1) is 15.8. The second-order valence-corrected chi connectivity index (χ2v) is 7.17. The third kappa shape index (κ3) is 3.95. The molecule has 0 spiro atoms. The Morgan fingerprint density at radius 2 is 1.71 bits per heavy atom. The molecular weight excluding hydrogens is 292 g/mol. The lowest BCUT2D eigenvalue weighted by Crippen LogP contribution is -2.42. The number of carboxylic acids is 1. The highest BCUT2D eigenvalue weighted by Gasteiger charge is 2.30. The number of hydrogen-bond donors (Lipinski definition) is 2. The molecule has 2 rings (SSSR count). The molecule has 0 aliphatic carbocycles. The van der Waals surface area contributed by atoms with Gasteiger partial charge in [-0.05, 0) is 49.9 Å². The Bertz CT molecular complexity index is 614. The van der Waals surface area contributed by atoms with Crippen LogP contribution in [0.2, 0.25) is 0 Å². The van der Waals surface area contributed by atoms with Gasteiger partial charge in [-0.25, -0.2) is 0 Å². The third-order valence-corrected chi connectivity index (χ3v) is 5.15. The summed E-state index contributed by atoms with van der Waals surface area (Å²) in [7, 11) is -3.63. The zero-order valence-corrected chi connectivity index (χ0v) is 13.0. The highest BCUT2D eigenvalue weighted by molar-refractivity contribution is 7.90. The highest BCUT2D eigenvalue weighted by atomic mass is 32.2. The molecule has 0 aromatic heterocycles. The molecule has 2 N–H and O–H groups in total. The molecule has 0 unspecified atom stereocenters. The Labute approximate surface area is 125 Å². The van der Waals surface area contributed by atoms with E-state index in [-0.39, 0.29) is 13.1 Å². The van der Waals surface area contributed by atoms with Gasteiger partial charge in [0.15, 0.2) is 0 Å². The van der Waals surface area contributed by atoms with Gasteiger partial charge in [0, 0.05) is 13.1 Å². The van der Waals surface area contributed by atoms with Gasteiger partial charge < -0.3 is 5.11 Å². The summed E-state index contributed by atoms with van der Waals surface area (Å²) in [6.07, 6.45) is 0.701. The van der Waals surface area contributed by atoms with Gasteiger partial charge in [0.05, 0.1) is 11.6 Å². The van der Waals surface area contributed by atoms with Crippen LogP contribution < -0.4 is 4.72 Å². The first-order chi connectivity index (χ1) is 9.78. The van der Waals surface area contributed by atoms with Crippen LogP contribution in [0.3, 0.4) is 0 Å². The van der Waals surface area contributed by atoms with Gasteiger partial charge in [0.2, 0.25) is 0 Å². The monoisotopic (exact) mass is 312 g/mol. The number of aliphatic carboxylic acids is 1. The minimum Gasteiger partial charge on any atom is -0.481 e. The van der Waals surface area contributed by atoms with Crippen molar-refractivity contribution in [2.45, 2.75) is 26.7 Å². The van der Waals surface area contributed by atoms with Crippen molar-refractivity contribution in [1.29, 1.82) is 0 Å². The molecule has 0 saturated carbocycles. The Kier molecular flexibility index (Phi) is 4.53. The van der Waals surface area contributed by atoms with E-state index in [2.05, 4.69) is 4.72 Å². The van der Waals surface area contributed by atoms with Gasteiger partial charge in [0.25, 0.3) is 0 Å². The van der Waals surface area contributed by atoms with Crippen molar-refractivity contribution in [2.24, 2.45) is 5.92 Å². The van der Waals surface area contributed by atoms with E-state index in [4.69, 9.17) is 5.11 Å². The number of nitrogens with one attached hydrogen (secondary N) is 1. The molecule has 6 nitrogen and oxygen atoms in total. The van der Waals surface area contributed by atoms with E-state index >= 15 is 0 Å². The number of nitrogens with zero attached hydrogens (tertiary/aromatic N) is 1. The summed E-state index contributed by atoms with van der Waals surface area (Å²) < 4.78 is 28.5. The average molecular weight is 312 g/mol. The van der Waals surface area contributed by atoms with Crippen LogP contribution in [0, 0.1) is 19.8 Å². The molecule has 1 aromatic rings. The van der Waals surface area contributed by atoms with E-state index in [1.54, 1.807) is 12.1 Å². The quantitative estimate of drug-likeness (QED) is 0.887. The Hall–Kier alpha value is -1.60. The number of carbonyl (C=O) groups is 1. The first-order valence-electron chi connectivity index (χ1n) is 6.87. The van der Waals surface area contributed by atoms with Gasteiger partial charge in [-0.2, -0.15) is 12.7 Å². The van der Waals surface area contributed by atoms with Crippen LogP contribution >= 0.6 is 0 Å². The Balaban J connectivity index is 2.07. The van der Waals surface area contributed by atoms with E-state index in [1.807, 2.05) is 19.9 Å². The summed E-state index contributed by atoms with van der Waals surface area (Å²) >= 11 is 0. The van der Waals surface area contributed by atoms with Gasteiger partial charge in [-0.1, -0.05) is 6.07 Å². The lowest BCUT2D eigenvalue weighted by Gasteiger charge is -2.29. The molecule has 1 fully saturated rings. The van der Waals surface area contributed by atoms with Crippen LogP contribution in [0.25, 0.3) is 0 Å². The molecule has 0 amide bonds. The molecule has 116 valence electrons. The maximum Gasteiger partial charge on any atom is 0.306 e. The summed E-state index contributed by atoms with van der Waals surface area (Å²) in [4.78, 5) is 10.9. The maximum absolute atomic E-state index is 12.3. The fraction of sp³-hybridized carbons (Fsp3) is 0.500. The Morgan fingerprint density at radius 1 is 1.19 bits per heavy atom. The molecule has 0 atom stereocenters. The highest BCUT2D eigenvalue weighted by Crippen LogP contribution is 2.22. The standard InChI is InChI=1S/C14H20N2O4S/c1-10-7-11(2)9-13(8-10)15-21(19,20)16-5-3-12(4-6-16)14(17)18/h7-9,12,15H,3-6H2,1-2H3,(H,17,18). The summed E-state index contributed by atoms with van der Waals surface area (Å²) in [5, 5.41) is 8.94. The molecular formula is C14H20N2O4S. The molecule has 21 heavy (non-hydrogen) atoms. The number of benzene rings is 1. The van der Waals surface area contributed by atoms with Crippen molar-refractivity contribution in [2.75, 3.05) is 17.8 Å². The summed E-state index contributed by atoms with van der Waals surface area (Å²) in [6.45, 7) is 4.28. The van der Waals surface area contributed by atoms with Crippen LogP contribution in [0.15, 0.2) is 18.2 Å². The second-order valence-electron chi connectivity index (χ2n) is 5.50. The van der Waals surface area contributed by atoms with E-state index in [9.17, 15) is 13.2 Å². The smallest absolute Gasteiger partial charge is 0.306 e. The fourth-order valence-corrected chi connectivity index (χ4v) is 3.83. The predicted octanol–water partition coefficient (Wildman–Crippen LogP) is 1.76.